The summed E-state index contributed by atoms with van der Waals surface area (Å²) in [4.78, 5) is 23.3. The second-order valence-electron chi connectivity index (χ2n) is 5.52. The Morgan fingerprint density at radius 3 is 2.17 bits per heavy atom. The van der Waals surface area contributed by atoms with E-state index in [-0.39, 0.29) is 11.8 Å². The van der Waals surface area contributed by atoms with Crippen LogP contribution in [0.3, 0.4) is 0 Å². The van der Waals surface area contributed by atoms with Gasteiger partial charge in [0.25, 0.3) is 0 Å². The van der Waals surface area contributed by atoms with Crippen molar-refractivity contribution < 1.29 is 19.1 Å². The molecule has 0 aliphatic rings. The van der Waals surface area contributed by atoms with E-state index in [2.05, 4.69) is 6.92 Å². The summed E-state index contributed by atoms with van der Waals surface area (Å²) < 4.78 is 10.4. The van der Waals surface area contributed by atoms with Crippen LogP contribution in [-0.2, 0) is 9.53 Å². The van der Waals surface area contributed by atoms with E-state index in [4.69, 9.17) is 9.47 Å². The van der Waals surface area contributed by atoms with Crippen molar-refractivity contribution in [1.82, 2.24) is 0 Å². The summed E-state index contributed by atoms with van der Waals surface area (Å²) in [5, 5.41) is 0. The van der Waals surface area contributed by atoms with Crippen molar-refractivity contribution >= 4 is 11.8 Å². The number of ether oxygens (including phenoxy) is 2. The Hall–Kier alpha value is -1.84. The first kappa shape index (κ1) is 19.2. The minimum absolute atomic E-state index is 0.131. The average Bonchev–Trinajstić information content (AvgIpc) is 2.56. The van der Waals surface area contributed by atoms with Gasteiger partial charge in [-0.05, 0) is 50.5 Å². The number of unbranched alkanes of at least 4 members (excludes halogenated alkanes) is 3. The molecule has 0 aliphatic heterocycles. The van der Waals surface area contributed by atoms with Crippen molar-refractivity contribution in [3.05, 3.63) is 29.8 Å². The highest BCUT2D eigenvalue weighted by Gasteiger charge is 2.06. The Balaban J connectivity index is 2.17. The van der Waals surface area contributed by atoms with Crippen molar-refractivity contribution in [2.75, 3.05) is 13.2 Å². The van der Waals surface area contributed by atoms with Crippen molar-refractivity contribution in [1.29, 1.82) is 0 Å². The topological polar surface area (TPSA) is 52.6 Å². The van der Waals surface area contributed by atoms with Crippen LogP contribution in [0.4, 0.5) is 0 Å². The Kier molecular flexibility index (Phi) is 9.76. The van der Waals surface area contributed by atoms with Crippen molar-refractivity contribution in [3.63, 3.8) is 0 Å². The summed E-state index contributed by atoms with van der Waals surface area (Å²) in [5.41, 5.74) is 0.736. The van der Waals surface area contributed by atoms with E-state index < -0.39 is 0 Å². The fraction of sp³-hybridized carbons (Fsp3) is 0.579. The van der Waals surface area contributed by atoms with Crippen LogP contribution in [0.2, 0.25) is 0 Å². The van der Waals surface area contributed by atoms with Gasteiger partial charge in [-0.1, -0.05) is 19.8 Å². The van der Waals surface area contributed by atoms with E-state index in [9.17, 15) is 9.59 Å². The molecule has 4 nitrogen and oxygen atoms in total. The minimum Gasteiger partial charge on any atom is -0.494 e. The van der Waals surface area contributed by atoms with Crippen LogP contribution in [0.15, 0.2) is 24.3 Å². The van der Waals surface area contributed by atoms with E-state index in [1.807, 2.05) is 31.2 Å². The maximum atomic E-state index is 12.1. The zero-order valence-electron chi connectivity index (χ0n) is 14.3. The predicted molar refractivity (Wildman–Crippen MR) is 90.9 cm³/mol. The van der Waals surface area contributed by atoms with E-state index in [1.54, 1.807) is 0 Å². The number of esters is 1. The van der Waals surface area contributed by atoms with Gasteiger partial charge in [0.15, 0.2) is 5.78 Å². The molecule has 1 aromatic carbocycles. The molecule has 0 saturated carbocycles. The van der Waals surface area contributed by atoms with Gasteiger partial charge in [-0.15, -0.1) is 0 Å². The fourth-order valence-corrected chi connectivity index (χ4v) is 2.24. The lowest BCUT2D eigenvalue weighted by atomic mass is 10.0. The average molecular weight is 320 g/mol. The van der Waals surface area contributed by atoms with E-state index >= 15 is 0 Å². The maximum Gasteiger partial charge on any atom is 0.305 e. The Morgan fingerprint density at radius 1 is 0.913 bits per heavy atom. The van der Waals surface area contributed by atoms with Gasteiger partial charge in [0, 0.05) is 18.4 Å². The maximum absolute atomic E-state index is 12.1. The molecule has 0 aliphatic carbocycles. The molecule has 0 radical (unpaired) electrons. The van der Waals surface area contributed by atoms with Crippen LogP contribution in [0.1, 0.15) is 69.2 Å². The molecule has 0 amide bonds. The van der Waals surface area contributed by atoms with Crippen molar-refractivity contribution in [3.8, 4) is 5.75 Å². The number of Topliss-reactive ketones (excluding diaryl/α,β-unsaturated/α-hetero) is 1. The zero-order chi connectivity index (χ0) is 16.9. The predicted octanol–water partition coefficient (Wildman–Crippen LogP) is 4.56. The number of benzene rings is 1. The summed E-state index contributed by atoms with van der Waals surface area (Å²) in [6.45, 7) is 5.01. The monoisotopic (exact) mass is 320 g/mol. The highest BCUT2D eigenvalue weighted by atomic mass is 16.5. The SMILES string of the molecule is CCCOc1ccc(C(=O)CCCCCCC(=O)OCC)cc1. The molecule has 1 rings (SSSR count). The normalized spacial score (nSPS) is 10.3. The zero-order valence-corrected chi connectivity index (χ0v) is 14.3. The Labute approximate surface area is 139 Å². The van der Waals surface area contributed by atoms with E-state index in [0.29, 0.717) is 26.1 Å². The number of ketones is 1. The largest absolute Gasteiger partial charge is 0.494 e. The summed E-state index contributed by atoms with van der Waals surface area (Å²) in [7, 11) is 0. The summed E-state index contributed by atoms with van der Waals surface area (Å²) in [6, 6.07) is 7.35. The summed E-state index contributed by atoms with van der Waals surface area (Å²) in [5.74, 6) is 0.841. The van der Waals surface area contributed by atoms with E-state index in [1.165, 1.54) is 0 Å². The second kappa shape index (κ2) is 11.7. The highest BCUT2D eigenvalue weighted by Crippen LogP contribution is 2.15. The lowest BCUT2D eigenvalue weighted by Gasteiger charge is -2.06. The van der Waals surface area contributed by atoms with Gasteiger partial charge in [0.05, 0.1) is 13.2 Å². The van der Waals surface area contributed by atoms with Gasteiger partial charge in [-0.25, -0.2) is 0 Å². The Bertz CT molecular complexity index is 465. The first-order chi connectivity index (χ1) is 11.2. The molecule has 0 heterocycles. The highest BCUT2D eigenvalue weighted by molar-refractivity contribution is 5.96. The molecule has 0 fully saturated rings. The molecule has 0 bridgehead atoms. The van der Waals surface area contributed by atoms with Gasteiger partial charge in [-0.2, -0.15) is 0 Å². The molecule has 0 aromatic heterocycles. The van der Waals surface area contributed by atoms with Crippen molar-refractivity contribution in [2.45, 2.75) is 58.8 Å². The van der Waals surface area contributed by atoms with E-state index in [0.717, 1.165) is 43.4 Å². The number of rotatable bonds is 12. The molecule has 128 valence electrons. The van der Waals surface area contributed by atoms with Gasteiger partial charge in [0.2, 0.25) is 0 Å². The summed E-state index contributed by atoms with van der Waals surface area (Å²) in [6.07, 6.45) is 5.59. The Morgan fingerprint density at radius 2 is 1.57 bits per heavy atom. The van der Waals surface area contributed by atoms with Crippen LogP contribution in [0.25, 0.3) is 0 Å². The molecule has 0 saturated heterocycles. The van der Waals surface area contributed by atoms with Gasteiger partial charge < -0.3 is 9.47 Å². The standard InChI is InChI=1S/C19H28O4/c1-3-15-23-17-13-11-16(12-14-17)18(20)9-7-5-6-8-10-19(21)22-4-2/h11-14H,3-10,15H2,1-2H3. The molecule has 1 aromatic rings. The van der Waals surface area contributed by atoms with Crippen LogP contribution >= 0.6 is 0 Å². The first-order valence-corrected chi connectivity index (χ1v) is 8.59. The molecule has 0 unspecified atom stereocenters. The van der Waals surface area contributed by atoms with Crippen LogP contribution in [0.5, 0.6) is 5.75 Å². The molecule has 4 heteroatoms. The van der Waals surface area contributed by atoms with Crippen LogP contribution in [0, 0.1) is 0 Å². The molecular formula is C19H28O4. The quantitative estimate of drug-likeness (QED) is 0.322. The second-order valence-corrected chi connectivity index (χ2v) is 5.52. The number of hydrogen-bond acceptors (Lipinski definition) is 4. The number of hydrogen-bond donors (Lipinski definition) is 0. The van der Waals surface area contributed by atoms with Crippen molar-refractivity contribution in [2.24, 2.45) is 0 Å². The first-order valence-electron chi connectivity index (χ1n) is 8.59. The smallest absolute Gasteiger partial charge is 0.305 e. The van der Waals surface area contributed by atoms with Gasteiger partial charge in [-0.3, -0.25) is 9.59 Å². The third kappa shape index (κ3) is 8.38. The molecule has 0 atom stereocenters. The van der Waals surface area contributed by atoms with Crippen LogP contribution < -0.4 is 4.74 Å². The lowest BCUT2D eigenvalue weighted by molar-refractivity contribution is -0.143. The van der Waals surface area contributed by atoms with Gasteiger partial charge >= 0.3 is 5.97 Å². The third-order valence-corrected chi connectivity index (χ3v) is 3.49. The summed E-state index contributed by atoms with van der Waals surface area (Å²) >= 11 is 0. The lowest BCUT2D eigenvalue weighted by Crippen LogP contribution is -2.03. The fourth-order valence-electron chi connectivity index (χ4n) is 2.24. The van der Waals surface area contributed by atoms with Crippen LogP contribution in [-0.4, -0.2) is 25.0 Å². The third-order valence-electron chi connectivity index (χ3n) is 3.49. The number of carbonyl (C=O) groups excluding carboxylic acids is 2. The minimum atomic E-state index is -0.131. The molecule has 0 N–H and O–H groups in total. The molecule has 0 spiro atoms. The molecular weight excluding hydrogens is 292 g/mol. The van der Waals surface area contributed by atoms with Gasteiger partial charge in [0.1, 0.15) is 5.75 Å². The number of carbonyl (C=O) groups is 2. The molecule has 23 heavy (non-hydrogen) atoms.